The molecule has 0 amide bonds. The Morgan fingerprint density at radius 2 is 1.65 bits per heavy atom. The van der Waals surface area contributed by atoms with Gasteiger partial charge in [-0.25, -0.2) is 0 Å². The molecule has 23 heavy (non-hydrogen) atoms. The van der Waals surface area contributed by atoms with E-state index in [9.17, 15) is 0 Å². The number of nitrogens with one attached hydrogen (secondary N) is 2. The molecule has 1 saturated heterocycles. The lowest BCUT2D eigenvalue weighted by Gasteiger charge is -2.30. The minimum Gasteiger partial charge on any atom is -0.493 e. The van der Waals surface area contributed by atoms with Gasteiger partial charge in [-0.15, -0.1) is 0 Å². The first-order valence-corrected chi connectivity index (χ1v) is 8.35. The van der Waals surface area contributed by atoms with Gasteiger partial charge in [-0.1, -0.05) is 0 Å². The van der Waals surface area contributed by atoms with Gasteiger partial charge in [-0.05, 0) is 31.5 Å². The molecular formula is C18H29N3O2+2. The second kappa shape index (κ2) is 8.19. The number of benzene rings is 1. The molecule has 2 N–H and O–H groups in total. The number of aryl methyl sites for hydroxylation is 1. The fraction of sp³-hybridized carbons (Fsp3) is 0.611. The Bertz CT molecular complexity index is 560. The lowest BCUT2D eigenvalue weighted by molar-refractivity contribution is -1.02. The number of rotatable bonds is 6. The molecule has 0 aliphatic carbocycles. The maximum Gasteiger partial charge on any atom is 0.161 e. The van der Waals surface area contributed by atoms with Gasteiger partial charge < -0.3 is 19.3 Å². The Morgan fingerprint density at radius 3 is 2.22 bits per heavy atom. The lowest BCUT2D eigenvalue weighted by Crippen LogP contribution is -3.27. The number of ether oxygens (including phenoxy) is 2. The number of methoxy groups -OCH3 is 2. The number of piperazine rings is 1. The summed E-state index contributed by atoms with van der Waals surface area (Å²) in [5.74, 6) is 1.75. The summed E-state index contributed by atoms with van der Waals surface area (Å²) in [4.78, 5) is 3.17. The molecule has 2 rings (SSSR count). The van der Waals surface area contributed by atoms with Gasteiger partial charge in [0.05, 0.1) is 32.8 Å². The molecule has 1 aromatic carbocycles. The molecule has 5 nitrogen and oxygen atoms in total. The van der Waals surface area contributed by atoms with Crippen LogP contribution in [0.1, 0.15) is 18.1 Å². The van der Waals surface area contributed by atoms with Crippen LogP contribution in [0.4, 0.5) is 0 Å². The molecular weight excluding hydrogens is 290 g/mol. The van der Waals surface area contributed by atoms with E-state index >= 15 is 0 Å². The Balaban J connectivity index is 1.95. The van der Waals surface area contributed by atoms with Crippen LogP contribution in [-0.2, 0) is 6.54 Å². The molecule has 0 radical (unpaired) electrons. The van der Waals surface area contributed by atoms with Crippen LogP contribution in [0.25, 0.3) is 0 Å². The van der Waals surface area contributed by atoms with Crippen LogP contribution in [0.3, 0.4) is 0 Å². The van der Waals surface area contributed by atoms with Gasteiger partial charge in [-0.2, -0.15) is 5.26 Å². The van der Waals surface area contributed by atoms with Crippen molar-refractivity contribution in [1.82, 2.24) is 0 Å². The van der Waals surface area contributed by atoms with Gasteiger partial charge >= 0.3 is 0 Å². The quantitative estimate of drug-likeness (QED) is 0.740. The topological polar surface area (TPSA) is 51.1 Å². The largest absolute Gasteiger partial charge is 0.493 e. The third-order valence-corrected chi connectivity index (χ3v) is 4.76. The number of hydrogen-bond donors (Lipinski definition) is 2. The summed E-state index contributed by atoms with van der Waals surface area (Å²) < 4.78 is 10.8. The van der Waals surface area contributed by atoms with Crippen LogP contribution in [-0.4, -0.2) is 46.9 Å². The predicted molar refractivity (Wildman–Crippen MR) is 89.0 cm³/mol. The molecule has 126 valence electrons. The van der Waals surface area contributed by atoms with Crippen molar-refractivity contribution in [3.63, 3.8) is 0 Å². The summed E-state index contributed by atoms with van der Waals surface area (Å²) in [6, 6.07) is 6.51. The van der Waals surface area contributed by atoms with E-state index in [-0.39, 0.29) is 5.92 Å². The van der Waals surface area contributed by atoms with E-state index in [2.05, 4.69) is 25.1 Å². The third-order valence-electron chi connectivity index (χ3n) is 4.76. The molecule has 1 fully saturated rings. The van der Waals surface area contributed by atoms with Crippen LogP contribution in [0, 0.1) is 24.2 Å². The van der Waals surface area contributed by atoms with E-state index in [0.717, 1.165) is 50.8 Å². The lowest BCUT2D eigenvalue weighted by atomic mass is 10.1. The van der Waals surface area contributed by atoms with Crippen molar-refractivity contribution in [3.8, 4) is 17.6 Å². The Morgan fingerprint density at radius 1 is 1.09 bits per heavy atom. The van der Waals surface area contributed by atoms with E-state index in [0.29, 0.717) is 0 Å². The summed E-state index contributed by atoms with van der Waals surface area (Å²) in [6.07, 6.45) is 0. The zero-order chi connectivity index (χ0) is 16.8. The van der Waals surface area contributed by atoms with Gasteiger partial charge in [0.2, 0.25) is 0 Å². The molecule has 5 heteroatoms. The van der Waals surface area contributed by atoms with Gasteiger partial charge in [0.1, 0.15) is 32.7 Å². The minimum atomic E-state index is 0.152. The molecule has 0 aromatic heterocycles. The van der Waals surface area contributed by atoms with Crippen molar-refractivity contribution in [2.75, 3.05) is 46.9 Å². The maximum atomic E-state index is 8.94. The summed E-state index contributed by atoms with van der Waals surface area (Å²) in [6.45, 7) is 10.7. The van der Waals surface area contributed by atoms with Crippen molar-refractivity contribution >= 4 is 0 Å². The third kappa shape index (κ3) is 4.60. The van der Waals surface area contributed by atoms with Gasteiger partial charge in [-0.3, -0.25) is 0 Å². The van der Waals surface area contributed by atoms with Gasteiger partial charge in [0.15, 0.2) is 11.5 Å². The Labute approximate surface area is 139 Å². The smallest absolute Gasteiger partial charge is 0.161 e. The molecule has 0 unspecified atom stereocenters. The molecule has 0 saturated carbocycles. The number of nitrogens with zero attached hydrogens (tertiary/aromatic N) is 1. The van der Waals surface area contributed by atoms with E-state index in [4.69, 9.17) is 14.7 Å². The highest BCUT2D eigenvalue weighted by Gasteiger charge is 2.25. The molecule has 1 atom stereocenters. The van der Waals surface area contributed by atoms with Crippen molar-refractivity contribution in [1.29, 1.82) is 5.26 Å². The number of nitriles is 1. The van der Waals surface area contributed by atoms with Crippen molar-refractivity contribution < 1.29 is 19.3 Å². The molecule has 1 aromatic rings. The number of hydrogen-bond acceptors (Lipinski definition) is 3. The zero-order valence-corrected chi connectivity index (χ0v) is 14.7. The average molecular weight is 319 g/mol. The van der Waals surface area contributed by atoms with E-state index in [1.54, 1.807) is 24.0 Å². The maximum absolute atomic E-state index is 8.94. The van der Waals surface area contributed by atoms with Crippen molar-refractivity contribution in [3.05, 3.63) is 23.3 Å². The normalized spacial score (nSPS) is 22.2. The second-order valence-electron chi connectivity index (χ2n) is 6.54. The predicted octanol–water partition coefficient (Wildman–Crippen LogP) is -0.545. The fourth-order valence-corrected chi connectivity index (χ4v) is 3.30. The molecule has 1 heterocycles. The fourth-order valence-electron chi connectivity index (χ4n) is 3.30. The van der Waals surface area contributed by atoms with E-state index in [1.165, 1.54) is 11.1 Å². The summed E-state index contributed by atoms with van der Waals surface area (Å²) in [5.41, 5.74) is 2.58. The highest BCUT2D eigenvalue weighted by molar-refractivity contribution is 5.46. The number of quaternary nitrogens is 2. The van der Waals surface area contributed by atoms with Crippen LogP contribution in [0.5, 0.6) is 11.5 Å². The summed E-state index contributed by atoms with van der Waals surface area (Å²) in [5, 5.41) is 8.94. The summed E-state index contributed by atoms with van der Waals surface area (Å²) in [7, 11) is 3.36. The van der Waals surface area contributed by atoms with Crippen LogP contribution in [0.2, 0.25) is 0 Å². The first kappa shape index (κ1) is 17.6. The van der Waals surface area contributed by atoms with Crippen molar-refractivity contribution in [2.24, 2.45) is 5.92 Å². The highest BCUT2D eigenvalue weighted by Crippen LogP contribution is 2.29. The summed E-state index contributed by atoms with van der Waals surface area (Å²) >= 11 is 0. The molecule has 0 spiro atoms. The van der Waals surface area contributed by atoms with Gasteiger partial charge in [0.25, 0.3) is 0 Å². The standard InChI is InChI=1S/C18H27N3O2/c1-14(11-19)12-20-5-7-21(8-6-20)13-16-10-18(23-4)17(22-3)9-15(16)2/h9-10,14H,5-8,12-13H2,1-4H3/p+2/t14-/m1/s1. The first-order valence-electron chi connectivity index (χ1n) is 8.35. The second-order valence-corrected chi connectivity index (χ2v) is 6.54. The van der Waals surface area contributed by atoms with Gasteiger partial charge in [0, 0.05) is 5.56 Å². The van der Waals surface area contributed by atoms with Crippen LogP contribution in [0.15, 0.2) is 12.1 Å². The first-order chi connectivity index (χ1) is 11.1. The molecule has 1 aliphatic rings. The van der Waals surface area contributed by atoms with Crippen molar-refractivity contribution in [2.45, 2.75) is 20.4 Å². The SMILES string of the molecule is COc1cc(C)c(C[NH+]2CC[NH+](C[C@H](C)C#N)CC2)cc1OC. The van der Waals surface area contributed by atoms with E-state index in [1.807, 2.05) is 6.92 Å². The Kier molecular flexibility index (Phi) is 6.26. The molecule has 0 bridgehead atoms. The average Bonchev–Trinajstić information content (AvgIpc) is 2.57. The minimum absolute atomic E-state index is 0.152. The molecule has 1 aliphatic heterocycles. The van der Waals surface area contributed by atoms with Crippen LogP contribution < -0.4 is 19.3 Å². The van der Waals surface area contributed by atoms with Crippen LogP contribution >= 0.6 is 0 Å². The Hall–Kier alpha value is -1.77. The monoisotopic (exact) mass is 319 g/mol. The van der Waals surface area contributed by atoms with E-state index < -0.39 is 0 Å². The zero-order valence-electron chi connectivity index (χ0n) is 14.7. The highest BCUT2D eigenvalue weighted by atomic mass is 16.5.